The van der Waals surface area contributed by atoms with E-state index in [1.165, 1.54) is 18.2 Å². The molecule has 1 heterocycles. The molecule has 0 unspecified atom stereocenters. The van der Waals surface area contributed by atoms with Crippen LogP contribution in [0, 0.1) is 19.7 Å². The normalized spacial score (nSPS) is 12.2. The Morgan fingerprint density at radius 3 is 2.62 bits per heavy atom. The number of nitrogens with one attached hydrogen (secondary N) is 2. The molecule has 0 radical (unpaired) electrons. The number of nitrogens with zero attached hydrogens (tertiary/aromatic N) is 2. The number of aromatic nitrogens is 1. The molecule has 0 aliphatic heterocycles. The molecule has 2 N–H and O–H groups in total. The Bertz CT molecular complexity index is 859. The van der Waals surface area contributed by atoms with E-state index in [0.717, 1.165) is 21.6 Å². The summed E-state index contributed by atoms with van der Waals surface area (Å²) in [4.78, 5) is 9.73. The lowest BCUT2D eigenvalue weighted by molar-refractivity contribution is 0.566. The maximum Gasteiger partial charge on any atom is 0.191 e. The molecule has 0 fully saturated rings. The molecule has 0 saturated carbocycles. The molecular weight excluding hydrogens is 375 g/mol. The number of hydrogen-bond donors (Lipinski definition) is 2. The molecule has 0 spiro atoms. The smallest absolute Gasteiger partial charge is 0.191 e. The lowest BCUT2D eigenvalue weighted by Crippen LogP contribution is -2.39. The second-order valence-corrected chi connectivity index (χ2v) is 8.99. The van der Waals surface area contributed by atoms with Crippen LogP contribution in [-0.4, -0.2) is 38.2 Å². The van der Waals surface area contributed by atoms with Crippen LogP contribution in [0.5, 0.6) is 0 Å². The quantitative estimate of drug-likeness (QED) is 0.553. The van der Waals surface area contributed by atoms with Crippen LogP contribution in [0.3, 0.4) is 0 Å². The Morgan fingerprint density at radius 2 is 2.00 bits per heavy atom. The minimum atomic E-state index is -3.70. The zero-order chi connectivity index (χ0) is 19.2. The van der Waals surface area contributed by atoms with Crippen LogP contribution in [0.4, 0.5) is 4.39 Å². The molecule has 0 saturated heterocycles. The van der Waals surface area contributed by atoms with Crippen molar-refractivity contribution in [3.8, 4) is 0 Å². The van der Waals surface area contributed by atoms with Gasteiger partial charge in [0.2, 0.25) is 0 Å². The fourth-order valence-corrected chi connectivity index (χ4v) is 4.31. The second-order valence-electron chi connectivity index (χ2n) is 5.62. The number of rotatable bonds is 7. The number of guanidine groups is 1. The summed E-state index contributed by atoms with van der Waals surface area (Å²) in [5.41, 5.74) is 0.995. The van der Waals surface area contributed by atoms with Gasteiger partial charge in [-0.3, -0.25) is 0 Å². The van der Waals surface area contributed by atoms with Gasteiger partial charge in [-0.15, -0.1) is 11.3 Å². The number of hydrogen-bond acceptors (Lipinski definition) is 5. The summed E-state index contributed by atoms with van der Waals surface area (Å²) in [6.45, 7) is 7.06. The maximum atomic E-state index is 13.7. The van der Waals surface area contributed by atoms with Crippen LogP contribution in [-0.2, 0) is 16.4 Å². The van der Waals surface area contributed by atoms with Gasteiger partial charge in [0, 0.05) is 18.0 Å². The van der Waals surface area contributed by atoms with E-state index in [2.05, 4.69) is 20.6 Å². The Balaban J connectivity index is 1.97. The van der Waals surface area contributed by atoms with E-state index in [1.807, 2.05) is 20.8 Å². The maximum absolute atomic E-state index is 13.7. The number of aryl methyl sites for hydroxylation is 2. The third-order valence-electron chi connectivity index (χ3n) is 3.62. The fraction of sp³-hybridized carbons (Fsp3) is 0.412. The van der Waals surface area contributed by atoms with Crippen molar-refractivity contribution in [1.29, 1.82) is 0 Å². The van der Waals surface area contributed by atoms with Crippen molar-refractivity contribution in [2.45, 2.75) is 32.2 Å². The highest BCUT2D eigenvalue weighted by Crippen LogP contribution is 2.17. The summed E-state index contributed by atoms with van der Waals surface area (Å²) in [5.74, 6) is -0.460. The predicted octanol–water partition coefficient (Wildman–Crippen LogP) is 2.43. The minimum absolute atomic E-state index is 0.123. The van der Waals surface area contributed by atoms with Crippen LogP contribution in [0.15, 0.2) is 34.2 Å². The van der Waals surface area contributed by atoms with Gasteiger partial charge in [-0.1, -0.05) is 12.1 Å². The van der Waals surface area contributed by atoms with Gasteiger partial charge in [-0.2, -0.15) is 0 Å². The first-order valence-corrected chi connectivity index (χ1v) is 10.7. The van der Waals surface area contributed by atoms with E-state index in [4.69, 9.17) is 0 Å². The lowest BCUT2D eigenvalue weighted by Gasteiger charge is -2.11. The van der Waals surface area contributed by atoms with Gasteiger partial charge >= 0.3 is 0 Å². The van der Waals surface area contributed by atoms with E-state index in [0.29, 0.717) is 19.0 Å². The molecule has 6 nitrogen and oxygen atoms in total. The number of halogens is 1. The van der Waals surface area contributed by atoms with Crippen molar-refractivity contribution in [3.05, 3.63) is 45.7 Å². The van der Waals surface area contributed by atoms with E-state index < -0.39 is 15.7 Å². The van der Waals surface area contributed by atoms with Crippen molar-refractivity contribution in [2.75, 3.05) is 18.8 Å². The van der Waals surface area contributed by atoms with Crippen molar-refractivity contribution in [1.82, 2.24) is 15.6 Å². The summed E-state index contributed by atoms with van der Waals surface area (Å²) >= 11 is 1.59. The Kier molecular flexibility index (Phi) is 7.10. The molecule has 0 bridgehead atoms. The molecule has 0 aliphatic rings. The SMILES string of the molecule is CCNC(=NCc1nc(C)c(C)s1)NCCS(=O)(=O)c1ccccc1F. The number of benzene rings is 1. The molecule has 2 rings (SSSR count). The predicted molar refractivity (Wildman–Crippen MR) is 103 cm³/mol. The molecule has 9 heteroatoms. The molecule has 26 heavy (non-hydrogen) atoms. The van der Waals surface area contributed by atoms with Gasteiger partial charge in [0.25, 0.3) is 0 Å². The highest BCUT2D eigenvalue weighted by Gasteiger charge is 2.18. The Hall–Kier alpha value is -2.00. The average molecular weight is 399 g/mol. The van der Waals surface area contributed by atoms with Crippen LogP contribution >= 0.6 is 11.3 Å². The molecule has 142 valence electrons. The van der Waals surface area contributed by atoms with Crippen LogP contribution in [0.2, 0.25) is 0 Å². The van der Waals surface area contributed by atoms with Crippen molar-refractivity contribution in [3.63, 3.8) is 0 Å². The van der Waals surface area contributed by atoms with E-state index in [9.17, 15) is 12.8 Å². The highest BCUT2D eigenvalue weighted by molar-refractivity contribution is 7.91. The van der Waals surface area contributed by atoms with Crippen LogP contribution in [0.25, 0.3) is 0 Å². The first-order valence-electron chi connectivity index (χ1n) is 8.26. The summed E-state index contributed by atoms with van der Waals surface area (Å²) in [7, 11) is -3.70. The lowest BCUT2D eigenvalue weighted by atomic mass is 10.3. The Labute approximate surface area is 157 Å². The molecule has 0 atom stereocenters. The zero-order valence-electron chi connectivity index (χ0n) is 15.0. The molecule has 0 amide bonds. The largest absolute Gasteiger partial charge is 0.357 e. The summed E-state index contributed by atoms with van der Waals surface area (Å²) in [6, 6.07) is 5.39. The average Bonchev–Trinajstić information content (AvgIpc) is 2.91. The number of thiazole rings is 1. The second kappa shape index (κ2) is 9.09. The van der Waals surface area contributed by atoms with Gasteiger partial charge in [-0.25, -0.2) is 22.8 Å². The minimum Gasteiger partial charge on any atom is -0.357 e. The topological polar surface area (TPSA) is 83.4 Å². The first-order chi connectivity index (χ1) is 12.3. The molecule has 1 aromatic carbocycles. The van der Waals surface area contributed by atoms with Gasteiger partial charge in [0.15, 0.2) is 15.8 Å². The van der Waals surface area contributed by atoms with Gasteiger partial charge in [-0.05, 0) is 32.9 Å². The monoisotopic (exact) mass is 398 g/mol. The molecule has 2 aromatic rings. The molecule has 1 aromatic heterocycles. The third-order valence-corrected chi connectivity index (χ3v) is 6.42. The van der Waals surface area contributed by atoms with Gasteiger partial charge < -0.3 is 10.6 Å². The van der Waals surface area contributed by atoms with Crippen molar-refractivity contribution < 1.29 is 12.8 Å². The zero-order valence-corrected chi connectivity index (χ0v) is 16.7. The standard InChI is InChI=1S/C17H23FN4O2S2/c1-4-19-17(21-11-16-22-12(2)13(3)25-16)20-9-10-26(23,24)15-8-6-5-7-14(15)18/h5-8H,4,9-11H2,1-3H3,(H2,19,20,21). The van der Waals surface area contributed by atoms with Gasteiger partial charge in [0.1, 0.15) is 15.7 Å². The third kappa shape index (κ3) is 5.50. The van der Waals surface area contributed by atoms with E-state index >= 15 is 0 Å². The number of sulfone groups is 1. The first kappa shape index (κ1) is 20.3. The summed E-state index contributed by atoms with van der Waals surface area (Å²) in [6.07, 6.45) is 0. The Morgan fingerprint density at radius 1 is 1.27 bits per heavy atom. The number of aliphatic imine (C=N–C) groups is 1. The van der Waals surface area contributed by atoms with Crippen LogP contribution < -0.4 is 10.6 Å². The summed E-state index contributed by atoms with van der Waals surface area (Å²) in [5, 5.41) is 6.93. The molecule has 0 aliphatic carbocycles. The van der Waals surface area contributed by atoms with Crippen LogP contribution in [0.1, 0.15) is 22.5 Å². The fourth-order valence-electron chi connectivity index (χ4n) is 2.21. The van der Waals surface area contributed by atoms with E-state index in [-0.39, 0.29) is 17.2 Å². The highest BCUT2D eigenvalue weighted by atomic mass is 32.2. The van der Waals surface area contributed by atoms with Gasteiger partial charge in [0.05, 0.1) is 18.0 Å². The van der Waals surface area contributed by atoms with Crippen molar-refractivity contribution in [2.24, 2.45) is 4.99 Å². The van der Waals surface area contributed by atoms with E-state index in [1.54, 1.807) is 11.3 Å². The molecular formula is C17H23FN4O2S2. The van der Waals surface area contributed by atoms with Crippen molar-refractivity contribution >= 4 is 27.1 Å². The summed E-state index contributed by atoms with van der Waals surface area (Å²) < 4.78 is 38.2.